The Morgan fingerprint density at radius 3 is 2.93 bits per heavy atom. The van der Waals surface area contributed by atoms with E-state index < -0.39 is 12.0 Å². The van der Waals surface area contributed by atoms with Crippen molar-refractivity contribution in [2.75, 3.05) is 49.2 Å². The fourth-order valence-corrected chi connectivity index (χ4v) is 5.77. The van der Waals surface area contributed by atoms with Gasteiger partial charge in [0.25, 0.3) is 0 Å². The van der Waals surface area contributed by atoms with Crippen molar-refractivity contribution in [1.29, 1.82) is 0 Å². The summed E-state index contributed by atoms with van der Waals surface area (Å²) in [6.07, 6.45) is 3.06. The van der Waals surface area contributed by atoms with Gasteiger partial charge in [0.1, 0.15) is 24.1 Å². The topological polar surface area (TPSA) is 54.4 Å². The summed E-state index contributed by atoms with van der Waals surface area (Å²) < 4.78 is 34.7. The largest absolute Gasteiger partial charge is 0.461 e. The van der Waals surface area contributed by atoms with E-state index in [9.17, 15) is 8.78 Å². The highest BCUT2D eigenvalue weighted by Crippen LogP contribution is 2.40. The molecule has 5 rings (SSSR count). The molecule has 3 fully saturated rings. The Labute approximate surface area is 177 Å². The molecule has 0 spiro atoms. The Balaban J connectivity index is 1.49. The van der Waals surface area contributed by atoms with E-state index in [1.807, 2.05) is 11.8 Å². The molecule has 156 valence electrons. The number of thioether (sulfide) groups is 1. The van der Waals surface area contributed by atoms with Gasteiger partial charge in [-0.25, -0.2) is 13.8 Å². The number of rotatable bonds is 4. The lowest BCUT2D eigenvalue weighted by Gasteiger charge is -2.31. The second-order valence-electron chi connectivity index (χ2n) is 7.92. The van der Waals surface area contributed by atoms with Crippen molar-refractivity contribution in [3.63, 3.8) is 0 Å². The highest BCUT2D eigenvalue weighted by atomic mass is 35.5. The summed E-state index contributed by atoms with van der Waals surface area (Å²) in [7, 11) is 0. The van der Waals surface area contributed by atoms with Crippen LogP contribution in [0.25, 0.3) is 10.9 Å². The minimum atomic E-state index is -0.833. The van der Waals surface area contributed by atoms with Gasteiger partial charge in [-0.3, -0.25) is 4.90 Å². The normalized spacial score (nSPS) is 27.6. The lowest BCUT2D eigenvalue weighted by Crippen LogP contribution is -2.43. The van der Waals surface area contributed by atoms with Crippen molar-refractivity contribution in [1.82, 2.24) is 19.9 Å². The Morgan fingerprint density at radius 2 is 2.10 bits per heavy atom. The highest BCUT2D eigenvalue weighted by Gasteiger charge is 2.49. The third-order valence-corrected chi connectivity index (χ3v) is 7.35. The van der Waals surface area contributed by atoms with Crippen LogP contribution < -0.4 is 9.64 Å². The maximum atomic E-state index is 14.7. The number of halogens is 3. The molecule has 0 N–H and O–H groups in total. The summed E-state index contributed by atoms with van der Waals surface area (Å²) >= 11 is 7.77. The fraction of sp³-hybridized carbons (Fsp3) is 0.632. The van der Waals surface area contributed by atoms with Gasteiger partial charge < -0.3 is 9.64 Å². The molecule has 0 unspecified atom stereocenters. The zero-order valence-corrected chi connectivity index (χ0v) is 17.5. The number of fused-ring (bicyclic) bond motifs is 2. The summed E-state index contributed by atoms with van der Waals surface area (Å²) in [6.45, 7) is 3.25. The molecule has 5 heterocycles. The minimum absolute atomic E-state index is 0.107. The van der Waals surface area contributed by atoms with Crippen LogP contribution in [0.1, 0.15) is 19.3 Å². The van der Waals surface area contributed by atoms with E-state index in [1.165, 1.54) is 6.20 Å². The van der Waals surface area contributed by atoms with Crippen LogP contribution in [0, 0.1) is 5.82 Å². The van der Waals surface area contributed by atoms with Crippen molar-refractivity contribution in [3.05, 3.63) is 17.2 Å². The molecule has 6 nitrogen and oxygen atoms in total. The molecule has 0 amide bonds. The second kappa shape index (κ2) is 7.67. The van der Waals surface area contributed by atoms with Gasteiger partial charge in [0, 0.05) is 43.8 Å². The predicted octanol–water partition coefficient (Wildman–Crippen LogP) is 3.33. The third-order valence-electron chi connectivity index (χ3n) is 6.14. The molecular formula is C19H22ClF2N5OS. The van der Waals surface area contributed by atoms with Gasteiger partial charge in [-0.05, 0) is 19.4 Å². The molecule has 3 aliphatic heterocycles. The third kappa shape index (κ3) is 3.51. The molecule has 0 saturated carbocycles. The van der Waals surface area contributed by atoms with Crippen LogP contribution >= 0.6 is 23.4 Å². The lowest BCUT2D eigenvalue weighted by atomic mass is 9.95. The highest BCUT2D eigenvalue weighted by molar-refractivity contribution is 7.99. The summed E-state index contributed by atoms with van der Waals surface area (Å²) in [4.78, 5) is 17.1. The van der Waals surface area contributed by atoms with Gasteiger partial charge in [-0.1, -0.05) is 11.6 Å². The number of alkyl halides is 1. The summed E-state index contributed by atoms with van der Waals surface area (Å²) in [6, 6.07) is 0.107. The zero-order valence-electron chi connectivity index (χ0n) is 15.9. The second-order valence-corrected chi connectivity index (χ2v) is 9.50. The minimum Gasteiger partial charge on any atom is -0.461 e. The fourth-order valence-electron chi connectivity index (χ4n) is 4.73. The first kappa shape index (κ1) is 19.5. The first-order chi connectivity index (χ1) is 14.1. The van der Waals surface area contributed by atoms with E-state index in [1.54, 1.807) is 0 Å². The van der Waals surface area contributed by atoms with E-state index in [0.717, 1.165) is 44.0 Å². The molecule has 2 aromatic rings. The average molecular weight is 442 g/mol. The zero-order chi connectivity index (χ0) is 20.0. The van der Waals surface area contributed by atoms with Crippen molar-refractivity contribution < 1.29 is 13.5 Å². The van der Waals surface area contributed by atoms with E-state index in [-0.39, 0.29) is 22.2 Å². The van der Waals surface area contributed by atoms with Gasteiger partial charge in [0.2, 0.25) is 0 Å². The number of nitrogens with zero attached hydrogens (tertiary/aromatic N) is 5. The van der Waals surface area contributed by atoms with Crippen molar-refractivity contribution in [2.24, 2.45) is 0 Å². The van der Waals surface area contributed by atoms with E-state index in [2.05, 4.69) is 24.8 Å². The molecule has 2 aromatic heterocycles. The molecule has 0 aromatic carbocycles. The van der Waals surface area contributed by atoms with Crippen LogP contribution in [-0.2, 0) is 0 Å². The van der Waals surface area contributed by atoms with Gasteiger partial charge >= 0.3 is 6.01 Å². The van der Waals surface area contributed by atoms with Crippen LogP contribution in [0.4, 0.5) is 14.6 Å². The number of hydrogen-bond acceptors (Lipinski definition) is 7. The summed E-state index contributed by atoms with van der Waals surface area (Å²) in [5.74, 6) is 1.89. The maximum Gasteiger partial charge on any atom is 0.319 e. The van der Waals surface area contributed by atoms with Crippen LogP contribution in [0.2, 0.25) is 5.15 Å². The van der Waals surface area contributed by atoms with Gasteiger partial charge in [-0.2, -0.15) is 21.7 Å². The predicted molar refractivity (Wildman–Crippen MR) is 110 cm³/mol. The number of anilines is 1. The standard InChI is InChI=1S/C19H22ClF2N5OS/c20-16-14(22)15-13(9-23-16)17(26-4-6-29-7-5-26)25-18(24-15)28-11-19-2-1-3-27(19)10-12(21)8-19/h9,12H,1-8,10-11H2/t12-,19+/m1/s1. The average Bonchev–Trinajstić information content (AvgIpc) is 3.25. The molecule has 2 atom stereocenters. The lowest BCUT2D eigenvalue weighted by molar-refractivity contribution is 0.107. The van der Waals surface area contributed by atoms with Crippen LogP contribution in [-0.4, -0.2) is 75.9 Å². The number of ether oxygens (including phenoxy) is 1. The van der Waals surface area contributed by atoms with Crippen LogP contribution in [0.5, 0.6) is 6.01 Å². The SMILES string of the molecule is Fc1c(Cl)ncc2c(N3CCSCC3)nc(OC[C@@]34CCCN3C[C@H](F)C4)nc12. The smallest absolute Gasteiger partial charge is 0.319 e. The van der Waals surface area contributed by atoms with Crippen LogP contribution in [0.15, 0.2) is 6.20 Å². The summed E-state index contributed by atoms with van der Waals surface area (Å²) in [5.41, 5.74) is -0.201. The molecule has 29 heavy (non-hydrogen) atoms. The molecule has 10 heteroatoms. The molecule has 3 aliphatic rings. The molecule has 0 bridgehead atoms. The monoisotopic (exact) mass is 441 g/mol. The van der Waals surface area contributed by atoms with Gasteiger partial charge in [0.05, 0.1) is 10.9 Å². The number of hydrogen-bond donors (Lipinski definition) is 0. The molecule has 3 saturated heterocycles. The van der Waals surface area contributed by atoms with E-state index in [0.29, 0.717) is 30.8 Å². The van der Waals surface area contributed by atoms with Crippen molar-refractivity contribution in [2.45, 2.75) is 31.0 Å². The van der Waals surface area contributed by atoms with Crippen molar-refractivity contribution in [3.8, 4) is 6.01 Å². The molecular weight excluding hydrogens is 420 g/mol. The van der Waals surface area contributed by atoms with Crippen molar-refractivity contribution >= 4 is 40.1 Å². The number of aromatic nitrogens is 3. The molecule has 0 radical (unpaired) electrons. The van der Waals surface area contributed by atoms with E-state index >= 15 is 0 Å². The Bertz CT molecular complexity index is 931. The first-order valence-electron chi connectivity index (χ1n) is 9.92. The Morgan fingerprint density at radius 1 is 1.28 bits per heavy atom. The molecule has 0 aliphatic carbocycles. The number of pyridine rings is 1. The van der Waals surface area contributed by atoms with Gasteiger partial charge in [0.15, 0.2) is 11.0 Å². The first-order valence-corrected chi connectivity index (χ1v) is 11.5. The van der Waals surface area contributed by atoms with Gasteiger partial charge in [-0.15, -0.1) is 0 Å². The Hall–Kier alpha value is -1.45. The van der Waals surface area contributed by atoms with Crippen LogP contribution in [0.3, 0.4) is 0 Å². The maximum absolute atomic E-state index is 14.7. The Kier molecular flexibility index (Phi) is 5.16. The van der Waals surface area contributed by atoms with E-state index in [4.69, 9.17) is 16.3 Å². The summed E-state index contributed by atoms with van der Waals surface area (Å²) in [5, 5.41) is 0.301. The quantitative estimate of drug-likeness (QED) is 0.674.